The highest BCUT2D eigenvalue weighted by molar-refractivity contribution is 7.17. The second-order valence-corrected chi connectivity index (χ2v) is 8.67. The number of hydrogen-bond acceptors (Lipinski definition) is 6. The van der Waals surface area contributed by atoms with E-state index in [9.17, 15) is 9.59 Å². The molecule has 1 aliphatic carbocycles. The van der Waals surface area contributed by atoms with Crippen LogP contribution in [-0.2, 0) is 22.3 Å². The first-order chi connectivity index (χ1) is 14.7. The van der Waals surface area contributed by atoms with Crippen molar-refractivity contribution in [1.82, 2.24) is 0 Å². The molecule has 1 saturated heterocycles. The van der Waals surface area contributed by atoms with Crippen LogP contribution in [0.25, 0.3) is 0 Å². The van der Waals surface area contributed by atoms with Gasteiger partial charge in [-0.2, -0.15) is 0 Å². The van der Waals surface area contributed by atoms with Gasteiger partial charge in [-0.25, -0.2) is 4.79 Å². The van der Waals surface area contributed by atoms with Crippen LogP contribution in [0.5, 0.6) is 5.75 Å². The molecule has 2 heterocycles. The van der Waals surface area contributed by atoms with Crippen LogP contribution in [0.15, 0.2) is 24.3 Å². The van der Waals surface area contributed by atoms with Crippen LogP contribution in [0.1, 0.15) is 63.8 Å². The molecule has 2 aliphatic rings. The van der Waals surface area contributed by atoms with Crippen molar-refractivity contribution in [2.45, 2.75) is 51.6 Å². The van der Waals surface area contributed by atoms with Crippen LogP contribution in [0.2, 0.25) is 0 Å². The first-order valence-corrected chi connectivity index (χ1v) is 11.4. The molecular weight excluding hydrogens is 402 g/mol. The summed E-state index contributed by atoms with van der Waals surface area (Å²) in [6.45, 7) is 3.42. The van der Waals surface area contributed by atoms with E-state index >= 15 is 0 Å². The summed E-state index contributed by atoms with van der Waals surface area (Å²) < 4.78 is 16.6. The Morgan fingerprint density at radius 1 is 1.17 bits per heavy atom. The number of rotatable bonds is 7. The molecule has 0 bridgehead atoms. The van der Waals surface area contributed by atoms with Crippen molar-refractivity contribution in [2.24, 2.45) is 0 Å². The number of carbonyl (C=O) groups is 2. The second kappa shape index (κ2) is 9.62. The number of benzene rings is 1. The van der Waals surface area contributed by atoms with Gasteiger partial charge >= 0.3 is 5.97 Å². The summed E-state index contributed by atoms with van der Waals surface area (Å²) in [5.74, 6) is 0.107. The third-order valence-corrected chi connectivity index (χ3v) is 6.66. The quantitative estimate of drug-likeness (QED) is 0.651. The molecule has 1 aliphatic heterocycles. The van der Waals surface area contributed by atoms with Gasteiger partial charge < -0.3 is 19.5 Å². The van der Waals surface area contributed by atoms with Crippen molar-refractivity contribution in [3.8, 4) is 5.75 Å². The number of thiophene rings is 1. The summed E-state index contributed by atoms with van der Waals surface area (Å²) in [7, 11) is 0. The lowest BCUT2D eigenvalue weighted by atomic mass is 9.95. The number of carbonyl (C=O) groups excluding carboxylic acids is 2. The topological polar surface area (TPSA) is 73.9 Å². The molecule has 1 aromatic heterocycles. The normalized spacial score (nSPS) is 18.0. The van der Waals surface area contributed by atoms with Crippen molar-refractivity contribution >= 4 is 28.2 Å². The summed E-state index contributed by atoms with van der Waals surface area (Å²) in [6, 6.07) is 7.04. The Bertz CT molecular complexity index is 899. The fourth-order valence-electron chi connectivity index (χ4n) is 3.92. The largest absolute Gasteiger partial charge is 0.491 e. The fraction of sp³-hybridized carbons (Fsp3) is 0.478. The molecule has 6 nitrogen and oxygen atoms in total. The predicted molar refractivity (Wildman–Crippen MR) is 116 cm³/mol. The number of esters is 1. The van der Waals surface area contributed by atoms with Crippen molar-refractivity contribution in [3.63, 3.8) is 0 Å². The Kier molecular flexibility index (Phi) is 6.69. The van der Waals surface area contributed by atoms with Crippen LogP contribution < -0.4 is 10.1 Å². The number of amides is 1. The minimum atomic E-state index is -0.356. The van der Waals surface area contributed by atoms with Gasteiger partial charge in [0, 0.05) is 17.0 Å². The Labute approximate surface area is 180 Å². The molecule has 1 atom stereocenters. The molecule has 7 heteroatoms. The number of ether oxygens (including phenoxy) is 3. The maximum atomic E-state index is 12.8. The Hall–Kier alpha value is -2.38. The Balaban J connectivity index is 1.45. The Morgan fingerprint density at radius 2 is 1.97 bits per heavy atom. The molecule has 0 radical (unpaired) electrons. The highest BCUT2D eigenvalue weighted by Gasteiger charge is 2.27. The number of anilines is 1. The molecule has 0 saturated carbocycles. The van der Waals surface area contributed by atoms with Gasteiger partial charge in [-0.05, 0) is 75.3 Å². The van der Waals surface area contributed by atoms with Gasteiger partial charge in [0.25, 0.3) is 5.91 Å². The van der Waals surface area contributed by atoms with Gasteiger partial charge in [0.1, 0.15) is 17.4 Å². The van der Waals surface area contributed by atoms with E-state index in [1.165, 1.54) is 16.2 Å². The third kappa shape index (κ3) is 4.68. The molecule has 1 amide bonds. The summed E-state index contributed by atoms with van der Waals surface area (Å²) >= 11 is 1.49. The minimum absolute atomic E-state index is 0.152. The van der Waals surface area contributed by atoms with E-state index in [0.717, 1.165) is 50.7 Å². The molecule has 1 aromatic carbocycles. The maximum Gasteiger partial charge on any atom is 0.341 e. The fourth-order valence-corrected chi connectivity index (χ4v) is 5.19. The summed E-state index contributed by atoms with van der Waals surface area (Å²) in [4.78, 5) is 26.5. The van der Waals surface area contributed by atoms with Crippen LogP contribution in [0, 0.1) is 0 Å². The second-order valence-electron chi connectivity index (χ2n) is 7.56. The van der Waals surface area contributed by atoms with E-state index in [1.54, 1.807) is 31.2 Å². The zero-order valence-electron chi connectivity index (χ0n) is 17.2. The van der Waals surface area contributed by atoms with E-state index in [4.69, 9.17) is 14.2 Å². The molecule has 1 fully saturated rings. The van der Waals surface area contributed by atoms with E-state index < -0.39 is 0 Å². The molecule has 1 N–H and O–H groups in total. The van der Waals surface area contributed by atoms with E-state index in [2.05, 4.69) is 5.32 Å². The summed E-state index contributed by atoms with van der Waals surface area (Å²) in [5, 5.41) is 3.52. The lowest BCUT2D eigenvalue weighted by Gasteiger charge is -2.12. The molecular formula is C23H27NO5S. The minimum Gasteiger partial charge on any atom is -0.491 e. The van der Waals surface area contributed by atoms with E-state index in [0.29, 0.717) is 35.1 Å². The maximum absolute atomic E-state index is 12.8. The first kappa shape index (κ1) is 20.9. The van der Waals surface area contributed by atoms with Gasteiger partial charge in [-0.3, -0.25) is 4.79 Å². The monoisotopic (exact) mass is 429 g/mol. The zero-order chi connectivity index (χ0) is 20.9. The van der Waals surface area contributed by atoms with E-state index in [1.807, 2.05) is 0 Å². The highest BCUT2D eigenvalue weighted by atomic mass is 32.1. The summed E-state index contributed by atoms with van der Waals surface area (Å²) in [6.07, 6.45) is 6.21. The molecule has 4 rings (SSSR count). The van der Waals surface area contributed by atoms with Gasteiger partial charge in [0.2, 0.25) is 0 Å². The van der Waals surface area contributed by atoms with Gasteiger partial charge in [-0.1, -0.05) is 0 Å². The number of fused-ring (bicyclic) bond motifs is 1. The van der Waals surface area contributed by atoms with Crippen LogP contribution in [-0.4, -0.2) is 37.8 Å². The number of hydrogen-bond donors (Lipinski definition) is 1. The standard InChI is InChI=1S/C23H27NO5S/c1-2-27-23(26)20-18-7-3-4-8-19(18)30-22(20)24-21(25)15-9-11-16(12-10-15)29-14-17-6-5-13-28-17/h9-12,17H,2-8,13-14H2,1H3,(H,24,25). The van der Waals surface area contributed by atoms with Gasteiger partial charge in [-0.15, -0.1) is 11.3 Å². The van der Waals surface area contributed by atoms with E-state index in [-0.39, 0.29) is 18.0 Å². The highest BCUT2D eigenvalue weighted by Crippen LogP contribution is 2.38. The van der Waals surface area contributed by atoms with Gasteiger partial charge in [0.15, 0.2) is 0 Å². The van der Waals surface area contributed by atoms with Gasteiger partial charge in [0.05, 0.1) is 18.3 Å². The smallest absolute Gasteiger partial charge is 0.341 e. The lowest BCUT2D eigenvalue weighted by Crippen LogP contribution is -2.17. The number of aryl methyl sites for hydroxylation is 1. The SMILES string of the molecule is CCOC(=O)c1c(NC(=O)c2ccc(OCC3CCCO3)cc2)sc2c1CCCC2. The molecule has 1 unspecified atom stereocenters. The zero-order valence-corrected chi connectivity index (χ0v) is 18.0. The average Bonchev–Trinajstić information content (AvgIpc) is 3.40. The predicted octanol–water partition coefficient (Wildman–Crippen LogP) is 4.61. The number of nitrogens with one attached hydrogen (secondary N) is 1. The third-order valence-electron chi connectivity index (χ3n) is 5.45. The van der Waals surface area contributed by atoms with Crippen LogP contribution in [0.3, 0.4) is 0 Å². The lowest BCUT2D eigenvalue weighted by molar-refractivity contribution is 0.0526. The van der Waals surface area contributed by atoms with Crippen LogP contribution >= 0.6 is 11.3 Å². The van der Waals surface area contributed by atoms with Crippen LogP contribution in [0.4, 0.5) is 5.00 Å². The van der Waals surface area contributed by atoms with Crippen molar-refractivity contribution in [2.75, 3.05) is 25.1 Å². The Morgan fingerprint density at radius 3 is 2.70 bits per heavy atom. The first-order valence-electron chi connectivity index (χ1n) is 10.6. The summed E-state index contributed by atoms with van der Waals surface area (Å²) in [5.41, 5.74) is 2.08. The van der Waals surface area contributed by atoms with Crippen molar-refractivity contribution in [1.29, 1.82) is 0 Å². The average molecular weight is 430 g/mol. The molecule has 2 aromatic rings. The van der Waals surface area contributed by atoms with Crippen molar-refractivity contribution < 1.29 is 23.8 Å². The molecule has 160 valence electrons. The molecule has 0 spiro atoms. The molecule has 30 heavy (non-hydrogen) atoms. The van der Waals surface area contributed by atoms with Crippen molar-refractivity contribution in [3.05, 3.63) is 45.8 Å².